The Morgan fingerprint density at radius 1 is 1.14 bits per heavy atom. The van der Waals surface area contributed by atoms with E-state index in [1.54, 1.807) is 0 Å². The molecule has 144 valence electrons. The Morgan fingerprint density at radius 3 is 2.50 bits per heavy atom. The summed E-state index contributed by atoms with van der Waals surface area (Å²) in [5.74, 6) is 0.769. The van der Waals surface area contributed by atoms with Crippen molar-refractivity contribution in [1.29, 1.82) is 5.26 Å². The molecule has 0 saturated carbocycles. The topological polar surface area (TPSA) is 49.8 Å². The fraction of sp³-hybridized carbons (Fsp3) is 0.318. The summed E-state index contributed by atoms with van der Waals surface area (Å²) in [5.41, 5.74) is 4.48. The number of nitrogens with zero attached hydrogens (tertiary/aromatic N) is 5. The van der Waals surface area contributed by atoms with Gasteiger partial charge >= 0.3 is 0 Å². The van der Waals surface area contributed by atoms with E-state index in [0.717, 1.165) is 17.1 Å². The van der Waals surface area contributed by atoms with Gasteiger partial charge in [0, 0.05) is 12.1 Å². The molecule has 0 fully saturated rings. The van der Waals surface area contributed by atoms with Crippen molar-refractivity contribution in [2.45, 2.75) is 27.4 Å². The van der Waals surface area contributed by atoms with E-state index in [2.05, 4.69) is 43.0 Å². The van der Waals surface area contributed by atoms with Crippen molar-refractivity contribution in [1.82, 2.24) is 19.2 Å². The highest BCUT2D eigenvalue weighted by Crippen LogP contribution is 2.24. The van der Waals surface area contributed by atoms with Crippen molar-refractivity contribution < 1.29 is 0 Å². The minimum atomic E-state index is -0.0467. The molecule has 5 nitrogen and oxygen atoms in total. The summed E-state index contributed by atoms with van der Waals surface area (Å²) in [7, 11) is 1.98. The van der Waals surface area contributed by atoms with Crippen LogP contribution in [0, 0.1) is 35.9 Å². The lowest BCUT2D eigenvalue weighted by Gasteiger charge is -2.17. The highest BCUT2D eigenvalue weighted by molar-refractivity contribution is 7.71. The van der Waals surface area contributed by atoms with Crippen LogP contribution < -0.4 is 0 Å². The third-order valence-electron chi connectivity index (χ3n) is 4.80. The van der Waals surface area contributed by atoms with E-state index >= 15 is 0 Å². The Labute approximate surface area is 171 Å². The van der Waals surface area contributed by atoms with Crippen LogP contribution in [0.15, 0.2) is 48.5 Å². The van der Waals surface area contributed by atoms with E-state index < -0.39 is 0 Å². The molecule has 0 spiro atoms. The molecule has 0 radical (unpaired) electrons. The summed E-state index contributed by atoms with van der Waals surface area (Å²) in [6.45, 7) is 7.31. The summed E-state index contributed by atoms with van der Waals surface area (Å²) < 4.78 is 4.49. The van der Waals surface area contributed by atoms with Crippen LogP contribution in [0.1, 0.15) is 18.1 Å². The molecule has 1 aromatic heterocycles. The number of rotatable bonds is 6. The third-order valence-corrected chi connectivity index (χ3v) is 5.19. The number of benzene rings is 2. The van der Waals surface area contributed by atoms with Crippen LogP contribution in [0.2, 0.25) is 0 Å². The minimum Gasteiger partial charge on any atom is -0.286 e. The molecule has 0 aliphatic heterocycles. The maximum atomic E-state index is 9.07. The standard InChI is InChI=1S/C22H25N5S/c1-16(13-23)14-25(4)15-26-22(28)27(20-11-10-17(2)18(3)12-20)21(24-26)19-8-6-5-7-9-19/h5-12,16H,14-15H2,1-4H3. The van der Waals surface area contributed by atoms with Gasteiger partial charge in [0.05, 0.1) is 24.3 Å². The molecular weight excluding hydrogens is 366 g/mol. The van der Waals surface area contributed by atoms with E-state index in [9.17, 15) is 0 Å². The molecule has 1 atom stereocenters. The molecule has 3 aromatic rings. The van der Waals surface area contributed by atoms with Crippen molar-refractivity contribution >= 4 is 12.2 Å². The first-order valence-corrected chi connectivity index (χ1v) is 9.72. The number of nitriles is 1. The van der Waals surface area contributed by atoms with E-state index in [4.69, 9.17) is 22.6 Å². The van der Waals surface area contributed by atoms with Crippen LogP contribution in [0.3, 0.4) is 0 Å². The summed E-state index contributed by atoms with van der Waals surface area (Å²) in [6.07, 6.45) is 0. The average molecular weight is 392 g/mol. The predicted molar refractivity (Wildman–Crippen MR) is 115 cm³/mol. The third kappa shape index (κ3) is 4.22. The summed E-state index contributed by atoms with van der Waals surface area (Å²) in [4.78, 5) is 2.07. The normalized spacial score (nSPS) is 12.1. The van der Waals surface area contributed by atoms with Gasteiger partial charge in [0.15, 0.2) is 5.82 Å². The lowest BCUT2D eigenvalue weighted by molar-refractivity contribution is 0.236. The zero-order chi connectivity index (χ0) is 20.3. The van der Waals surface area contributed by atoms with Crippen molar-refractivity contribution in [2.24, 2.45) is 5.92 Å². The first kappa shape index (κ1) is 20.0. The van der Waals surface area contributed by atoms with Crippen LogP contribution in [0.5, 0.6) is 0 Å². The van der Waals surface area contributed by atoms with Gasteiger partial charge in [-0.3, -0.25) is 9.47 Å². The van der Waals surface area contributed by atoms with E-state index in [1.165, 1.54) is 11.1 Å². The summed E-state index contributed by atoms with van der Waals surface area (Å²) >= 11 is 5.80. The van der Waals surface area contributed by atoms with Gasteiger partial charge in [-0.15, -0.1) is 5.10 Å². The van der Waals surface area contributed by atoms with Gasteiger partial charge in [0.2, 0.25) is 4.77 Å². The second kappa shape index (κ2) is 8.51. The van der Waals surface area contributed by atoms with Crippen molar-refractivity contribution in [2.75, 3.05) is 13.6 Å². The maximum Gasteiger partial charge on any atom is 0.204 e. The Balaban J connectivity index is 2.09. The van der Waals surface area contributed by atoms with E-state index in [1.807, 2.05) is 53.6 Å². The maximum absolute atomic E-state index is 9.07. The molecule has 2 aromatic carbocycles. The largest absolute Gasteiger partial charge is 0.286 e. The molecule has 0 saturated heterocycles. The van der Waals surface area contributed by atoms with Gasteiger partial charge in [-0.2, -0.15) is 5.26 Å². The number of aromatic nitrogens is 3. The van der Waals surface area contributed by atoms with Crippen molar-refractivity contribution in [3.8, 4) is 23.1 Å². The minimum absolute atomic E-state index is 0.0467. The highest BCUT2D eigenvalue weighted by atomic mass is 32.1. The van der Waals surface area contributed by atoms with Crippen LogP contribution in [-0.4, -0.2) is 32.8 Å². The van der Waals surface area contributed by atoms with Crippen molar-refractivity contribution in [3.05, 3.63) is 64.4 Å². The number of hydrogen-bond acceptors (Lipinski definition) is 4. The molecule has 0 N–H and O–H groups in total. The molecule has 0 aliphatic rings. The molecule has 3 rings (SSSR count). The van der Waals surface area contributed by atoms with E-state index in [-0.39, 0.29) is 5.92 Å². The Bertz CT molecular complexity index is 1060. The van der Waals surface area contributed by atoms with Gasteiger partial charge in [-0.25, -0.2) is 4.68 Å². The SMILES string of the molecule is Cc1ccc(-n2c(-c3ccccc3)nn(CN(C)CC(C)C#N)c2=S)cc1C. The molecule has 28 heavy (non-hydrogen) atoms. The lowest BCUT2D eigenvalue weighted by atomic mass is 10.1. The zero-order valence-electron chi connectivity index (χ0n) is 16.8. The molecule has 0 bridgehead atoms. The second-order valence-corrected chi connectivity index (χ2v) is 7.65. The average Bonchev–Trinajstić information content (AvgIpc) is 3.00. The number of aryl methyl sites for hydroxylation is 2. The number of hydrogen-bond donors (Lipinski definition) is 0. The second-order valence-electron chi connectivity index (χ2n) is 7.29. The van der Waals surface area contributed by atoms with Crippen LogP contribution in [0.25, 0.3) is 17.1 Å². The monoisotopic (exact) mass is 391 g/mol. The first-order valence-electron chi connectivity index (χ1n) is 9.31. The van der Waals surface area contributed by atoms with Crippen LogP contribution >= 0.6 is 12.2 Å². The molecule has 0 amide bonds. The summed E-state index contributed by atoms with van der Waals surface area (Å²) in [5, 5.41) is 13.9. The molecule has 6 heteroatoms. The van der Waals surface area contributed by atoms with Gasteiger partial charge in [-0.1, -0.05) is 36.4 Å². The smallest absolute Gasteiger partial charge is 0.204 e. The Kier molecular flexibility index (Phi) is 6.08. The van der Waals surface area contributed by atoms with E-state index in [0.29, 0.717) is 18.0 Å². The lowest BCUT2D eigenvalue weighted by Crippen LogP contribution is -2.27. The zero-order valence-corrected chi connectivity index (χ0v) is 17.6. The van der Waals surface area contributed by atoms with Crippen molar-refractivity contribution in [3.63, 3.8) is 0 Å². The van der Waals surface area contributed by atoms with Gasteiger partial charge in [0.1, 0.15) is 0 Å². The fourth-order valence-electron chi connectivity index (χ4n) is 3.17. The quantitative estimate of drug-likeness (QED) is 0.570. The molecular formula is C22H25N5S. The Morgan fingerprint density at radius 2 is 1.86 bits per heavy atom. The van der Waals surface area contributed by atoms with Crippen LogP contribution in [-0.2, 0) is 6.67 Å². The molecule has 1 unspecified atom stereocenters. The van der Waals surface area contributed by atoms with Gasteiger partial charge < -0.3 is 0 Å². The Hall–Kier alpha value is -2.75. The van der Waals surface area contributed by atoms with Gasteiger partial charge in [-0.05, 0) is 63.3 Å². The van der Waals surface area contributed by atoms with Gasteiger partial charge in [0.25, 0.3) is 0 Å². The first-order chi connectivity index (χ1) is 13.4. The highest BCUT2D eigenvalue weighted by Gasteiger charge is 2.16. The summed E-state index contributed by atoms with van der Waals surface area (Å²) in [6, 6.07) is 18.7. The van der Waals surface area contributed by atoms with Crippen LogP contribution in [0.4, 0.5) is 0 Å². The fourth-order valence-corrected chi connectivity index (χ4v) is 3.46. The predicted octanol–water partition coefficient (Wildman–Crippen LogP) is 4.74. The molecule has 1 heterocycles. The molecule has 0 aliphatic carbocycles.